The number of hydrogen-bond donors (Lipinski definition) is 1. The van der Waals surface area contributed by atoms with Gasteiger partial charge in [-0.25, -0.2) is 4.79 Å². The second-order valence-electron chi connectivity index (χ2n) is 6.69. The molecule has 30 heavy (non-hydrogen) atoms. The molecule has 0 radical (unpaired) electrons. The van der Waals surface area contributed by atoms with E-state index >= 15 is 0 Å². The molecular formula is C25H22O5. The second kappa shape index (κ2) is 9.09. The Bertz CT molecular complexity index is 1090. The lowest BCUT2D eigenvalue weighted by atomic mass is 9.95. The van der Waals surface area contributed by atoms with Crippen molar-refractivity contribution in [3.05, 3.63) is 82.4 Å². The zero-order valence-corrected chi connectivity index (χ0v) is 17.0. The Morgan fingerprint density at radius 3 is 2.10 bits per heavy atom. The number of carboxylic acid groups (broad SMARTS) is 1. The number of aromatic carboxylic acids is 1. The topological polar surface area (TPSA) is 72.8 Å². The Balaban J connectivity index is 1.96. The highest BCUT2D eigenvalue weighted by atomic mass is 16.5. The molecule has 5 heteroatoms. The molecule has 3 aromatic rings. The summed E-state index contributed by atoms with van der Waals surface area (Å²) in [5, 5.41) is 9.08. The Labute approximate surface area is 175 Å². The summed E-state index contributed by atoms with van der Waals surface area (Å²) < 4.78 is 10.6. The molecule has 0 saturated heterocycles. The Hall–Kier alpha value is -3.86. The molecular weight excluding hydrogens is 380 g/mol. The minimum Gasteiger partial charge on any atom is -0.496 e. The lowest BCUT2D eigenvalue weighted by molar-refractivity contribution is 0.0696. The number of aldehydes is 1. The lowest BCUT2D eigenvalue weighted by Crippen LogP contribution is -1.96. The summed E-state index contributed by atoms with van der Waals surface area (Å²) in [6, 6.07) is 16.4. The van der Waals surface area contributed by atoms with E-state index in [4.69, 9.17) is 14.6 Å². The third kappa shape index (κ3) is 4.25. The molecule has 152 valence electrons. The maximum atomic E-state index is 11.3. The number of carboxylic acids is 1. The third-order valence-corrected chi connectivity index (χ3v) is 4.96. The fourth-order valence-electron chi connectivity index (χ4n) is 3.30. The van der Waals surface area contributed by atoms with Gasteiger partial charge in [-0.15, -0.1) is 0 Å². The quantitative estimate of drug-likeness (QED) is 0.425. The molecule has 0 aromatic heterocycles. The molecule has 0 atom stereocenters. The number of hydrogen-bond acceptors (Lipinski definition) is 4. The largest absolute Gasteiger partial charge is 0.496 e. The SMILES string of the molecule is COc1cc(/C=C/c2cccc(-c3ccc(C(=O)O)cc3)c2C)cc(OC)c1C=O. The second-order valence-corrected chi connectivity index (χ2v) is 6.69. The van der Waals surface area contributed by atoms with Crippen LogP contribution in [0.3, 0.4) is 0 Å². The van der Waals surface area contributed by atoms with E-state index < -0.39 is 5.97 Å². The molecule has 3 rings (SSSR count). The zero-order chi connectivity index (χ0) is 21.7. The molecule has 1 N–H and O–H groups in total. The van der Waals surface area contributed by atoms with Gasteiger partial charge in [0.25, 0.3) is 0 Å². The zero-order valence-electron chi connectivity index (χ0n) is 17.0. The minimum atomic E-state index is -0.943. The van der Waals surface area contributed by atoms with E-state index in [1.807, 2.05) is 49.4 Å². The van der Waals surface area contributed by atoms with Gasteiger partial charge in [-0.3, -0.25) is 4.79 Å². The van der Waals surface area contributed by atoms with Gasteiger partial charge in [0.1, 0.15) is 11.5 Å². The molecule has 0 heterocycles. The molecule has 0 fully saturated rings. The van der Waals surface area contributed by atoms with Crippen molar-refractivity contribution < 1.29 is 24.2 Å². The van der Waals surface area contributed by atoms with Crippen LogP contribution in [0.2, 0.25) is 0 Å². The van der Waals surface area contributed by atoms with Crippen molar-refractivity contribution in [3.63, 3.8) is 0 Å². The Morgan fingerprint density at radius 2 is 1.57 bits per heavy atom. The lowest BCUT2D eigenvalue weighted by Gasteiger charge is -2.11. The highest BCUT2D eigenvalue weighted by Crippen LogP contribution is 2.31. The summed E-state index contributed by atoms with van der Waals surface area (Å²) in [7, 11) is 3.02. The predicted molar refractivity (Wildman–Crippen MR) is 117 cm³/mol. The third-order valence-electron chi connectivity index (χ3n) is 4.96. The number of ether oxygens (including phenoxy) is 2. The van der Waals surface area contributed by atoms with Crippen molar-refractivity contribution in [2.75, 3.05) is 14.2 Å². The molecule has 0 unspecified atom stereocenters. The van der Waals surface area contributed by atoms with Crippen molar-refractivity contribution in [1.29, 1.82) is 0 Å². The van der Waals surface area contributed by atoms with Crippen molar-refractivity contribution in [2.45, 2.75) is 6.92 Å². The van der Waals surface area contributed by atoms with Crippen LogP contribution in [0.15, 0.2) is 54.6 Å². The molecule has 0 bridgehead atoms. The van der Waals surface area contributed by atoms with Crippen LogP contribution in [0.4, 0.5) is 0 Å². The minimum absolute atomic E-state index is 0.258. The maximum absolute atomic E-state index is 11.3. The van der Waals surface area contributed by atoms with Gasteiger partial charge in [-0.2, -0.15) is 0 Å². The average molecular weight is 402 g/mol. The Kier molecular flexibility index (Phi) is 6.32. The van der Waals surface area contributed by atoms with Crippen LogP contribution in [-0.4, -0.2) is 31.6 Å². The van der Waals surface area contributed by atoms with Crippen LogP contribution in [0, 0.1) is 6.92 Å². The molecule has 0 spiro atoms. The van der Waals surface area contributed by atoms with Crippen LogP contribution < -0.4 is 9.47 Å². The van der Waals surface area contributed by atoms with E-state index in [0.717, 1.165) is 27.8 Å². The number of carbonyl (C=O) groups excluding carboxylic acids is 1. The number of benzene rings is 3. The van der Waals surface area contributed by atoms with E-state index in [1.165, 1.54) is 14.2 Å². The standard InChI is InChI=1S/C25H22O5/c1-16-18(5-4-6-21(16)19-9-11-20(12-10-19)25(27)28)8-7-17-13-23(29-2)22(15-26)24(14-17)30-3/h4-15H,1-3H3,(H,27,28)/b8-7+. The van der Waals surface area contributed by atoms with Gasteiger partial charge >= 0.3 is 5.97 Å². The maximum Gasteiger partial charge on any atom is 0.335 e. The molecule has 0 aliphatic carbocycles. The average Bonchev–Trinajstić information content (AvgIpc) is 2.77. The smallest absolute Gasteiger partial charge is 0.335 e. The summed E-state index contributed by atoms with van der Waals surface area (Å²) >= 11 is 0. The van der Waals surface area contributed by atoms with E-state index in [0.29, 0.717) is 23.3 Å². The molecule has 0 amide bonds. The van der Waals surface area contributed by atoms with Crippen molar-refractivity contribution in [2.24, 2.45) is 0 Å². The predicted octanol–water partition coefficient (Wildman–Crippen LogP) is 5.36. The normalized spacial score (nSPS) is 10.8. The molecule has 0 saturated carbocycles. The fourth-order valence-corrected chi connectivity index (χ4v) is 3.30. The summed E-state index contributed by atoms with van der Waals surface area (Å²) in [6.07, 6.45) is 4.63. The van der Waals surface area contributed by atoms with E-state index in [-0.39, 0.29) is 5.56 Å². The van der Waals surface area contributed by atoms with Gasteiger partial charge in [0, 0.05) is 0 Å². The molecule has 3 aromatic carbocycles. The van der Waals surface area contributed by atoms with E-state index in [1.54, 1.807) is 24.3 Å². The summed E-state index contributed by atoms with van der Waals surface area (Å²) in [5.74, 6) is -0.0394. The monoisotopic (exact) mass is 402 g/mol. The van der Waals surface area contributed by atoms with Crippen molar-refractivity contribution >= 4 is 24.4 Å². The first-order valence-electron chi connectivity index (χ1n) is 9.31. The Morgan fingerprint density at radius 1 is 0.933 bits per heavy atom. The number of methoxy groups -OCH3 is 2. The highest BCUT2D eigenvalue weighted by molar-refractivity contribution is 5.89. The van der Waals surface area contributed by atoms with Gasteiger partial charge in [0.2, 0.25) is 0 Å². The van der Waals surface area contributed by atoms with Gasteiger partial charge in [0.15, 0.2) is 6.29 Å². The molecule has 0 aliphatic rings. The van der Waals surface area contributed by atoms with Crippen molar-refractivity contribution in [1.82, 2.24) is 0 Å². The first-order chi connectivity index (χ1) is 14.5. The van der Waals surface area contributed by atoms with Gasteiger partial charge in [-0.05, 0) is 59.0 Å². The first-order valence-corrected chi connectivity index (χ1v) is 9.31. The highest BCUT2D eigenvalue weighted by Gasteiger charge is 2.11. The summed E-state index contributed by atoms with van der Waals surface area (Å²) in [6.45, 7) is 2.02. The van der Waals surface area contributed by atoms with Crippen LogP contribution in [0.25, 0.3) is 23.3 Å². The van der Waals surface area contributed by atoms with Crippen LogP contribution in [-0.2, 0) is 0 Å². The molecule has 0 aliphatic heterocycles. The summed E-state index contributed by atoms with van der Waals surface area (Å²) in [4.78, 5) is 22.4. The van der Waals surface area contributed by atoms with Gasteiger partial charge in [0.05, 0.1) is 25.3 Å². The van der Waals surface area contributed by atoms with Gasteiger partial charge in [-0.1, -0.05) is 42.5 Å². The molecule has 5 nitrogen and oxygen atoms in total. The van der Waals surface area contributed by atoms with E-state index in [2.05, 4.69) is 0 Å². The van der Waals surface area contributed by atoms with Gasteiger partial charge < -0.3 is 14.6 Å². The van der Waals surface area contributed by atoms with E-state index in [9.17, 15) is 9.59 Å². The number of carbonyl (C=O) groups is 2. The van der Waals surface area contributed by atoms with Crippen molar-refractivity contribution in [3.8, 4) is 22.6 Å². The first kappa shape index (κ1) is 20.9. The van der Waals surface area contributed by atoms with Crippen LogP contribution in [0.1, 0.15) is 37.4 Å². The summed E-state index contributed by atoms with van der Waals surface area (Å²) in [5.41, 5.74) is 5.54. The fraction of sp³-hybridized carbons (Fsp3) is 0.120. The number of rotatable bonds is 7. The van der Waals surface area contributed by atoms with Crippen LogP contribution >= 0.6 is 0 Å². The van der Waals surface area contributed by atoms with Crippen LogP contribution in [0.5, 0.6) is 11.5 Å².